The lowest BCUT2D eigenvalue weighted by Crippen LogP contribution is -1.89. The Bertz CT molecular complexity index is 337. The summed E-state index contributed by atoms with van der Waals surface area (Å²) in [4.78, 5) is 18.1. The molecule has 1 aromatic rings. The second-order valence-electron chi connectivity index (χ2n) is 2.19. The summed E-state index contributed by atoms with van der Waals surface area (Å²) < 4.78 is 10.3. The van der Waals surface area contributed by atoms with Gasteiger partial charge in [-0.15, -0.1) is 0 Å². The number of rotatable bonds is 3. The van der Waals surface area contributed by atoms with Crippen LogP contribution >= 0.6 is 8.18 Å². The van der Waals surface area contributed by atoms with E-state index in [-0.39, 0.29) is 5.69 Å². The minimum atomic E-state index is -2.47. The number of benzene rings is 1. The molecular weight excluding hydrogens is 195 g/mol. The third-order valence-corrected chi connectivity index (χ3v) is 1.75. The average molecular weight is 201 g/mol. The Morgan fingerprint density at radius 1 is 1.38 bits per heavy atom. The van der Waals surface area contributed by atoms with Crippen molar-refractivity contribution in [3.05, 3.63) is 34.4 Å². The number of hydrogen-bond acceptors (Lipinski definition) is 3. The van der Waals surface area contributed by atoms with Gasteiger partial charge >= 0.3 is 8.18 Å². The third-order valence-electron chi connectivity index (χ3n) is 1.30. The smallest absolute Gasteiger partial charge is 0.304 e. The summed E-state index contributed by atoms with van der Waals surface area (Å²) >= 11 is 0. The number of nitrogens with zero attached hydrogens (tertiary/aromatic N) is 1. The average Bonchev–Trinajstić information content (AvgIpc) is 2.04. The maximum atomic E-state index is 10.3. The number of hydrogen-bond donors (Lipinski definition) is 2. The van der Waals surface area contributed by atoms with Crippen LogP contribution in [0.15, 0.2) is 24.3 Å². The maximum absolute atomic E-state index is 10.3. The first-order chi connectivity index (χ1) is 6.09. The van der Waals surface area contributed by atoms with Crippen LogP contribution in [0.5, 0.6) is 0 Å². The molecule has 2 N–H and O–H groups in total. The first-order valence-electron chi connectivity index (χ1n) is 3.27. The van der Waals surface area contributed by atoms with Gasteiger partial charge in [0.25, 0.3) is 5.69 Å². The van der Waals surface area contributed by atoms with Crippen molar-refractivity contribution in [2.24, 2.45) is 0 Å². The lowest BCUT2D eigenvalue weighted by molar-refractivity contribution is -0.384. The highest BCUT2D eigenvalue weighted by Gasteiger charge is 2.04. The van der Waals surface area contributed by atoms with Gasteiger partial charge in [0.15, 0.2) is 0 Å². The standard InChI is InChI=1S/C6H6N2O4P/c9-8(10)6-3-1-5(2-4-6)7-13(11)12/h1-4H,(H2,7,11,12). The zero-order valence-corrected chi connectivity index (χ0v) is 7.27. The van der Waals surface area contributed by atoms with Gasteiger partial charge in [0, 0.05) is 17.8 Å². The molecule has 1 unspecified atom stereocenters. The van der Waals surface area contributed by atoms with Gasteiger partial charge in [0.05, 0.1) is 4.92 Å². The topological polar surface area (TPSA) is 92.5 Å². The summed E-state index contributed by atoms with van der Waals surface area (Å²) in [7, 11) is -2.47. The van der Waals surface area contributed by atoms with Crippen LogP contribution in [0.1, 0.15) is 0 Å². The van der Waals surface area contributed by atoms with Crippen LogP contribution in [0, 0.1) is 10.1 Å². The van der Waals surface area contributed by atoms with Crippen molar-refractivity contribution in [3.8, 4) is 0 Å². The van der Waals surface area contributed by atoms with E-state index in [9.17, 15) is 14.7 Å². The van der Waals surface area contributed by atoms with Gasteiger partial charge in [-0.25, -0.2) is 4.57 Å². The van der Waals surface area contributed by atoms with E-state index in [0.717, 1.165) is 0 Å². The van der Waals surface area contributed by atoms with E-state index in [2.05, 4.69) is 5.09 Å². The fraction of sp³-hybridized carbons (Fsp3) is 0. The minimum Gasteiger partial charge on any atom is -0.304 e. The normalized spacial score (nSPS) is 10.7. The van der Waals surface area contributed by atoms with E-state index >= 15 is 0 Å². The molecule has 0 bridgehead atoms. The van der Waals surface area contributed by atoms with Crippen molar-refractivity contribution in [2.75, 3.05) is 5.09 Å². The molecule has 13 heavy (non-hydrogen) atoms. The molecule has 0 aromatic heterocycles. The largest absolute Gasteiger partial charge is 0.321 e. The number of anilines is 1. The molecule has 6 nitrogen and oxygen atoms in total. The van der Waals surface area contributed by atoms with Crippen LogP contribution in [-0.4, -0.2) is 9.82 Å². The summed E-state index contributed by atoms with van der Waals surface area (Å²) in [5.74, 6) is 0. The van der Waals surface area contributed by atoms with E-state index in [4.69, 9.17) is 4.89 Å². The molecule has 0 saturated carbocycles. The van der Waals surface area contributed by atoms with Crippen LogP contribution < -0.4 is 5.09 Å². The van der Waals surface area contributed by atoms with E-state index < -0.39 is 13.1 Å². The van der Waals surface area contributed by atoms with Gasteiger partial charge in [-0.3, -0.25) is 15.2 Å². The molecule has 69 valence electrons. The zero-order valence-electron chi connectivity index (χ0n) is 6.38. The van der Waals surface area contributed by atoms with E-state index in [1.807, 2.05) is 0 Å². The minimum absolute atomic E-state index is 0.0567. The van der Waals surface area contributed by atoms with Crippen molar-refractivity contribution in [1.29, 1.82) is 0 Å². The molecule has 1 atom stereocenters. The molecular formula is C6H6N2O4P. The maximum Gasteiger partial charge on any atom is 0.321 e. The highest BCUT2D eigenvalue weighted by molar-refractivity contribution is 7.39. The van der Waals surface area contributed by atoms with Gasteiger partial charge in [0.1, 0.15) is 0 Å². The Morgan fingerprint density at radius 3 is 2.31 bits per heavy atom. The van der Waals surface area contributed by atoms with Gasteiger partial charge < -0.3 is 4.89 Å². The molecule has 0 aliphatic carbocycles. The fourth-order valence-corrected chi connectivity index (χ4v) is 1.14. The first-order valence-corrected chi connectivity index (χ1v) is 4.48. The summed E-state index contributed by atoms with van der Waals surface area (Å²) in [5, 5.41) is 12.4. The van der Waals surface area contributed by atoms with Gasteiger partial charge in [0.2, 0.25) is 0 Å². The highest BCUT2D eigenvalue weighted by Crippen LogP contribution is 2.21. The highest BCUT2D eigenvalue weighted by atomic mass is 31.1. The Labute approximate surface area is 74.3 Å². The Kier molecular flexibility index (Phi) is 2.89. The van der Waals surface area contributed by atoms with E-state index in [1.54, 1.807) is 0 Å². The summed E-state index contributed by atoms with van der Waals surface area (Å²) in [6, 6.07) is 5.23. The van der Waals surface area contributed by atoms with Crippen LogP contribution in [-0.2, 0) is 4.57 Å². The predicted octanol–water partition coefficient (Wildman–Crippen LogP) is 1.66. The molecule has 1 radical (unpaired) electrons. The number of nitro groups is 1. The van der Waals surface area contributed by atoms with Crippen molar-refractivity contribution in [3.63, 3.8) is 0 Å². The zero-order chi connectivity index (χ0) is 9.84. The summed E-state index contributed by atoms with van der Waals surface area (Å²) in [5.41, 5.74) is 0.313. The molecule has 0 fully saturated rings. The van der Waals surface area contributed by atoms with Crippen molar-refractivity contribution in [1.82, 2.24) is 0 Å². The lowest BCUT2D eigenvalue weighted by atomic mass is 10.3. The predicted molar refractivity (Wildman–Crippen MR) is 46.5 cm³/mol. The molecule has 0 spiro atoms. The Hall–Kier alpha value is -1.52. The molecule has 1 aromatic carbocycles. The molecule has 0 amide bonds. The molecule has 0 saturated heterocycles. The van der Waals surface area contributed by atoms with Crippen LogP contribution in [0.2, 0.25) is 0 Å². The monoisotopic (exact) mass is 201 g/mol. The Balaban J connectivity index is 2.81. The van der Waals surface area contributed by atoms with Crippen LogP contribution in [0.25, 0.3) is 0 Å². The SMILES string of the molecule is O=[N+]([O-])c1ccc(N[P](=O)O)cc1. The van der Waals surface area contributed by atoms with Crippen LogP contribution in [0.3, 0.4) is 0 Å². The first kappa shape index (κ1) is 9.57. The molecule has 7 heteroatoms. The third kappa shape index (κ3) is 2.77. The van der Waals surface area contributed by atoms with Gasteiger partial charge in [-0.05, 0) is 12.1 Å². The molecule has 0 heterocycles. The number of nitro benzene ring substituents is 1. The van der Waals surface area contributed by atoms with Crippen LogP contribution in [0.4, 0.5) is 11.4 Å². The van der Waals surface area contributed by atoms with E-state index in [1.165, 1.54) is 24.3 Å². The van der Waals surface area contributed by atoms with Gasteiger partial charge in [-0.1, -0.05) is 0 Å². The lowest BCUT2D eigenvalue weighted by Gasteiger charge is -1.98. The Morgan fingerprint density at radius 2 is 1.92 bits per heavy atom. The number of non-ortho nitro benzene ring substituents is 1. The van der Waals surface area contributed by atoms with Crippen molar-refractivity contribution < 1.29 is 14.4 Å². The molecule has 1 rings (SSSR count). The summed E-state index contributed by atoms with van der Waals surface area (Å²) in [6.07, 6.45) is 0. The second-order valence-corrected chi connectivity index (χ2v) is 2.96. The quantitative estimate of drug-likeness (QED) is 0.440. The molecule has 0 aliphatic heterocycles. The van der Waals surface area contributed by atoms with Crippen molar-refractivity contribution in [2.45, 2.75) is 0 Å². The summed E-state index contributed by atoms with van der Waals surface area (Å²) in [6.45, 7) is 0. The second kappa shape index (κ2) is 3.93. The van der Waals surface area contributed by atoms with Crippen molar-refractivity contribution >= 4 is 19.6 Å². The van der Waals surface area contributed by atoms with Gasteiger partial charge in [-0.2, -0.15) is 0 Å². The number of nitrogens with one attached hydrogen (secondary N) is 1. The molecule has 0 aliphatic rings. The van der Waals surface area contributed by atoms with E-state index in [0.29, 0.717) is 5.69 Å². The fourth-order valence-electron chi connectivity index (χ4n) is 0.768.